The van der Waals surface area contributed by atoms with Crippen LogP contribution in [0.1, 0.15) is 19.8 Å². The molecule has 1 heterocycles. The summed E-state index contributed by atoms with van der Waals surface area (Å²) in [4.78, 5) is 2.39. The van der Waals surface area contributed by atoms with Crippen molar-refractivity contribution in [2.24, 2.45) is 0 Å². The number of methoxy groups -OCH3 is 1. The molecule has 1 rings (SSSR count). The Labute approximate surface area is 99.3 Å². The molecular formula is C12H26N2O2. The highest BCUT2D eigenvalue weighted by molar-refractivity contribution is 4.77. The first-order valence-corrected chi connectivity index (χ1v) is 6.23. The van der Waals surface area contributed by atoms with Gasteiger partial charge in [-0.25, -0.2) is 0 Å². The fourth-order valence-corrected chi connectivity index (χ4v) is 2.03. The molecule has 1 unspecified atom stereocenters. The summed E-state index contributed by atoms with van der Waals surface area (Å²) in [6.07, 6.45) is 2.50. The third-order valence-electron chi connectivity index (χ3n) is 3.04. The maximum absolute atomic E-state index is 5.50. The van der Waals surface area contributed by atoms with E-state index in [1.807, 2.05) is 0 Å². The summed E-state index contributed by atoms with van der Waals surface area (Å²) in [5, 5.41) is 3.62. The Morgan fingerprint density at radius 1 is 1.31 bits per heavy atom. The predicted molar refractivity (Wildman–Crippen MR) is 65.8 cm³/mol. The van der Waals surface area contributed by atoms with Gasteiger partial charge in [-0.3, -0.25) is 0 Å². The molecule has 1 N–H and O–H groups in total. The van der Waals surface area contributed by atoms with Crippen LogP contribution in [0, 0.1) is 0 Å². The van der Waals surface area contributed by atoms with Crippen molar-refractivity contribution in [1.82, 2.24) is 10.2 Å². The zero-order valence-electron chi connectivity index (χ0n) is 10.9. The Morgan fingerprint density at radius 2 is 2.00 bits per heavy atom. The summed E-state index contributed by atoms with van der Waals surface area (Å²) in [5.74, 6) is 0. The van der Waals surface area contributed by atoms with Gasteiger partial charge in [-0.15, -0.1) is 0 Å². The topological polar surface area (TPSA) is 33.7 Å². The van der Waals surface area contributed by atoms with Crippen LogP contribution in [0.2, 0.25) is 0 Å². The molecule has 1 fully saturated rings. The quantitative estimate of drug-likeness (QED) is 0.654. The van der Waals surface area contributed by atoms with Gasteiger partial charge in [-0.1, -0.05) is 0 Å². The molecule has 0 radical (unpaired) electrons. The summed E-state index contributed by atoms with van der Waals surface area (Å²) in [5.41, 5.74) is 0. The van der Waals surface area contributed by atoms with Crippen LogP contribution in [0.15, 0.2) is 0 Å². The maximum Gasteiger partial charge on any atom is 0.0701 e. The van der Waals surface area contributed by atoms with Gasteiger partial charge in [-0.05, 0) is 39.9 Å². The standard InChI is InChI=1S/C12H26N2O2/c1-11(10-16-9-8-15-3)13-12-4-6-14(2)7-5-12/h11-13H,4-10H2,1-3H3. The molecule has 0 saturated carbocycles. The summed E-state index contributed by atoms with van der Waals surface area (Å²) in [7, 11) is 3.89. The molecule has 1 aliphatic heterocycles. The molecule has 0 aliphatic carbocycles. The number of nitrogens with one attached hydrogen (secondary N) is 1. The first-order chi connectivity index (χ1) is 7.72. The van der Waals surface area contributed by atoms with Crippen molar-refractivity contribution >= 4 is 0 Å². The van der Waals surface area contributed by atoms with Crippen LogP contribution in [0.5, 0.6) is 0 Å². The predicted octanol–water partition coefficient (Wildman–Crippen LogP) is 0.722. The highest BCUT2D eigenvalue weighted by Crippen LogP contribution is 2.08. The lowest BCUT2D eigenvalue weighted by Gasteiger charge is -2.31. The Morgan fingerprint density at radius 3 is 2.62 bits per heavy atom. The van der Waals surface area contributed by atoms with E-state index in [4.69, 9.17) is 9.47 Å². The number of rotatable bonds is 7. The van der Waals surface area contributed by atoms with Gasteiger partial charge in [0.2, 0.25) is 0 Å². The molecule has 4 heteroatoms. The van der Waals surface area contributed by atoms with E-state index in [-0.39, 0.29) is 0 Å². The first kappa shape index (κ1) is 13.9. The van der Waals surface area contributed by atoms with E-state index in [1.165, 1.54) is 25.9 Å². The molecule has 0 aromatic heterocycles. The number of hydrogen-bond acceptors (Lipinski definition) is 4. The van der Waals surface area contributed by atoms with Crippen LogP contribution in [-0.4, -0.2) is 64.1 Å². The van der Waals surface area contributed by atoms with E-state index < -0.39 is 0 Å². The summed E-state index contributed by atoms with van der Waals surface area (Å²) in [6.45, 7) is 6.74. The van der Waals surface area contributed by atoms with E-state index in [9.17, 15) is 0 Å². The second-order valence-corrected chi connectivity index (χ2v) is 4.71. The second kappa shape index (κ2) is 8.01. The lowest BCUT2D eigenvalue weighted by molar-refractivity contribution is 0.0577. The van der Waals surface area contributed by atoms with Crippen LogP contribution in [0.25, 0.3) is 0 Å². The molecule has 0 amide bonds. The van der Waals surface area contributed by atoms with Gasteiger partial charge in [0.25, 0.3) is 0 Å². The van der Waals surface area contributed by atoms with Crippen molar-refractivity contribution in [1.29, 1.82) is 0 Å². The minimum absolute atomic E-state index is 0.435. The van der Waals surface area contributed by atoms with Crippen LogP contribution in [0.3, 0.4) is 0 Å². The molecule has 16 heavy (non-hydrogen) atoms. The van der Waals surface area contributed by atoms with E-state index in [2.05, 4.69) is 24.2 Å². The lowest BCUT2D eigenvalue weighted by Crippen LogP contribution is -2.45. The smallest absolute Gasteiger partial charge is 0.0701 e. The zero-order chi connectivity index (χ0) is 11.8. The molecule has 0 aromatic carbocycles. The average Bonchev–Trinajstić information content (AvgIpc) is 2.28. The molecule has 0 bridgehead atoms. The summed E-state index contributed by atoms with van der Waals surface area (Å²) < 4.78 is 10.4. The van der Waals surface area contributed by atoms with Gasteiger partial charge < -0.3 is 19.7 Å². The number of piperidine rings is 1. The normalized spacial score (nSPS) is 21.2. The van der Waals surface area contributed by atoms with Crippen molar-refractivity contribution in [3.63, 3.8) is 0 Å². The van der Waals surface area contributed by atoms with E-state index in [1.54, 1.807) is 7.11 Å². The average molecular weight is 230 g/mol. The fraction of sp³-hybridized carbons (Fsp3) is 1.00. The molecule has 1 aliphatic rings. The van der Waals surface area contributed by atoms with E-state index in [0.29, 0.717) is 25.3 Å². The lowest BCUT2D eigenvalue weighted by atomic mass is 10.0. The molecule has 0 spiro atoms. The Bertz CT molecular complexity index is 170. The second-order valence-electron chi connectivity index (χ2n) is 4.71. The minimum Gasteiger partial charge on any atom is -0.382 e. The van der Waals surface area contributed by atoms with Crippen molar-refractivity contribution < 1.29 is 9.47 Å². The SMILES string of the molecule is COCCOCC(C)NC1CCN(C)CC1. The monoisotopic (exact) mass is 230 g/mol. The maximum atomic E-state index is 5.50. The van der Waals surface area contributed by atoms with Gasteiger partial charge >= 0.3 is 0 Å². The molecule has 4 nitrogen and oxygen atoms in total. The minimum atomic E-state index is 0.435. The van der Waals surface area contributed by atoms with Crippen molar-refractivity contribution in [2.75, 3.05) is 47.1 Å². The van der Waals surface area contributed by atoms with Crippen LogP contribution < -0.4 is 5.32 Å². The van der Waals surface area contributed by atoms with Crippen LogP contribution >= 0.6 is 0 Å². The fourth-order valence-electron chi connectivity index (χ4n) is 2.03. The van der Waals surface area contributed by atoms with Gasteiger partial charge in [-0.2, -0.15) is 0 Å². The van der Waals surface area contributed by atoms with E-state index in [0.717, 1.165) is 6.61 Å². The highest BCUT2D eigenvalue weighted by atomic mass is 16.5. The van der Waals surface area contributed by atoms with Crippen LogP contribution in [-0.2, 0) is 9.47 Å². The van der Waals surface area contributed by atoms with Crippen molar-refractivity contribution in [3.05, 3.63) is 0 Å². The van der Waals surface area contributed by atoms with E-state index >= 15 is 0 Å². The Kier molecular flexibility index (Phi) is 6.96. The van der Waals surface area contributed by atoms with Crippen molar-refractivity contribution in [3.8, 4) is 0 Å². The van der Waals surface area contributed by atoms with Crippen LogP contribution in [0.4, 0.5) is 0 Å². The third-order valence-corrected chi connectivity index (χ3v) is 3.04. The van der Waals surface area contributed by atoms with Crippen molar-refractivity contribution in [2.45, 2.75) is 31.8 Å². The number of nitrogens with zero attached hydrogens (tertiary/aromatic N) is 1. The molecule has 1 atom stereocenters. The third kappa shape index (κ3) is 5.80. The number of likely N-dealkylation sites (tertiary alicyclic amines) is 1. The molecular weight excluding hydrogens is 204 g/mol. The molecule has 1 saturated heterocycles. The number of ether oxygens (including phenoxy) is 2. The Balaban J connectivity index is 2.02. The number of hydrogen-bond donors (Lipinski definition) is 1. The molecule has 96 valence electrons. The summed E-state index contributed by atoms with van der Waals surface area (Å²) in [6, 6.07) is 1.10. The zero-order valence-corrected chi connectivity index (χ0v) is 10.9. The highest BCUT2D eigenvalue weighted by Gasteiger charge is 2.17. The van der Waals surface area contributed by atoms with Gasteiger partial charge in [0.15, 0.2) is 0 Å². The first-order valence-electron chi connectivity index (χ1n) is 6.23. The van der Waals surface area contributed by atoms with Gasteiger partial charge in [0.05, 0.1) is 19.8 Å². The Hall–Kier alpha value is -0.160. The molecule has 0 aromatic rings. The summed E-state index contributed by atoms with van der Waals surface area (Å²) >= 11 is 0. The van der Waals surface area contributed by atoms with Gasteiger partial charge in [0.1, 0.15) is 0 Å². The van der Waals surface area contributed by atoms with Gasteiger partial charge in [0, 0.05) is 19.2 Å². The largest absolute Gasteiger partial charge is 0.382 e.